The third kappa shape index (κ3) is 2.24. The number of rotatable bonds is 2. The summed E-state index contributed by atoms with van der Waals surface area (Å²) in [5.41, 5.74) is 4.42. The zero-order valence-corrected chi connectivity index (χ0v) is 13.2. The third-order valence-corrected chi connectivity index (χ3v) is 4.28. The van der Waals surface area contributed by atoms with Gasteiger partial charge in [0.1, 0.15) is 5.69 Å². The number of fused-ring (bicyclic) bond motifs is 3. The van der Waals surface area contributed by atoms with Crippen molar-refractivity contribution in [3.05, 3.63) is 83.4 Å². The van der Waals surface area contributed by atoms with Crippen molar-refractivity contribution in [1.29, 1.82) is 0 Å². The predicted octanol–water partition coefficient (Wildman–Crippen LogP) is 2.77. The van der Waals surface area contributed by atoms with Gasteiger partial charge in [0.25, 0.3) is 17.3 Å². The minimum Gasteiger partial charge on any atom is -0.283 e. The highest BCUT2D eigenvalue weighted by Gasteiger charge is 2.38. The molecule has 4 rings (SSSR count). The molecule has 0 atom stereocenters. The Kier molecular flexibility index (Phi) is 3.31. The van der Waals surface area contributed by atoms with E-state index >= 15 is 0 Å². The standard InChI is InChI=1S/C20H15N2O2/c1-13-6-8-14(9-7-13)12-22-11-3-5-16-15-4-2-10-21-17(15)19(23)20(24)18(16)22/h2-11H,12H2,1H3/q+1. The Balaban J connectivity index is 1.87. The lowest BCUT2D eigenvalue weighted by atomic mass is 9.90. The van der Waals surface area contributed by atoms with Crippen LogP contribution >= 0.6 is 0 Å². The Morgan fingerprint density at radius 3 is 2.46 bits per heavy atom. The molecule has 4 nitrogen and oxygen atoms in total. The van der Waals surface area contributed by atoms with Crippen LogP contribution in [-0.4, -0.2) is 16.6 Å². The molecule has 0 bridgehead atoms. The molecule has 3 aromatic rings. The molecule has 1 aliphatic carbocycles. The SMILES string of the molecule is Cc1ccc(C[n+]2cccc3c2C(=O)C(=O)c2ncccc2-3)cc1. The van der Waals surface area contributed by atoms with E-state index in [1.807, 2.05) is 60.2 Å². The second-order valence-electron chi connectivity index (χ2n) is 5.94. The van der Waals surface area contributed by atoms with E-state index in [2.05, 4.69) is 4.98 Å². The van der Waals surface area contributed by atoms with Crippen molar-refractivity contribution in [1.82, 2.24) is 4.98 Å². The van der Waals surface area contributed by atoms with Gasteiger partial charge in [-0.1, -0.05) is 35.9 Å². The molecule has 0 aliphatic heterocycles. The molecule has 0 saturated carbocycles. The summed E-state index contributed by atoms with van der Waals surface area (Å²) in [5.74, 6) is -1.04. The number of nitrogens with zero attached hydrogens (tertiary/aromatic N) is 2. The number of aryl methyl sites for hydroxylation is 1. The first-order valence-electron chi connectivity index (χ1n) is 7.77. The molecule has 0 unspecified atom stereocenters. The highest BCUT2D eigenvalue weighted by atomic mass is 16.2. The van der Waals surface area contributed by atoms with Gasteiger partial charge in [-0.05, 0) is 19.1 Å². The zero-order chi connectivity index (χ0) is 16.7. The largest absolute Gasteiger partial charge is 0.299 e. The van der Waals surface area contributed by atoms with Crippen LogP contribution in [0.2, 0.25) is 0 Å². The smallest absolute Gasteiger partial charge is 0.283 e. The summed E-state index contributed by atoms with van der Waals surface area (Å²) in [5, 5.41) is 0. The Labute approximate surface area is 139 Å². The van der Waals surface area contributed by atoms with E-state index in [9.17, 15) is 9.59 Å². The van der Waals surface area contributed by atoms with Crippen LogP contribution < -0.4 is 4.57 Å². The molecule has 0 spiro atoms. The van der Waals surface area contributed by atoms with Gasteiger partial charge in [-0.15, -0.1) is 0 Å². The van der Waals surface area contributed by atoms with Gasteiger partial charge in [0.2, 0.25) is 0 Å². The second-order valence-corrected chi connectivity index (χ2v) is 5.94. The first-order chi connectivity index (χ1) is 11.6. The molecular weight excluding hydrogens is 300 g/mol. The van der Waals surface area contributed by atoms with E-state index in [1.165, 1.54) is 11.8 Å². The molecule has 0 radical (unpaired) electrons. The van der Waals surface area contributed by atoms with Crippen molar-refractivity contribution in [2.75, 3.05) is 0 Å². The van der Waals surface area contributed by atoms with Gasteiger partial charge in [-0.2, -0.15) is 4.57 Å². The average Bonchev–Trinajstić information content (AvgIpc) is 2.61. The Hall–Kier alpha value is -3.14. The molecule has 24 heavy (non-hydrogen) atoms. The van der Waals surface area contributed by atoms with Gasteiger partial charge < -0.3 is 0 Å². The minimum atomic E-state index is -0.540. The fourth-order valence-corrected chi connectivity index (χ4v) is 3.06. The monoisotopic (exact) mass is 315 g/mol. The molecule has 0 amide bonds. The molecule has 116 valence electrons. The first kappa shape index (κ1) is 14.5. The number of hydrogen-bond donors (Lipinski definition) is 0. The van der Waals surface area contributed by atoms with Gasteiger partial charge >= 0.3 is 0 Å². The van der Waals surface area contributed by atoms with Crippen LogP contribution in [0.4, 0.5) is 0 Å². The molecule has 0 saturated heterocycles. The van der Waals surface area contributed by atoms with Crippen LogP contribution in [0.5, 0.6) is 0 Å². The summed E-state index contributed by atoms with van der Waals surface area (Å²) in [6.45, 7) is 2.57. The fourth-order valence-electron chi connectivity index (χ4n) is 3.06. The van der Waals surface area contributed by atoms with E-state index in [1.54, 1.807) is 6.07 Å². The van der Waals surface area contributed by atoms with Gasteiger partial charge in [0, 0.05) is 23.4 Å². The second kappa shape index (κ2) is 5.49. The molecule has 1 aromatic carbocycles. The van der Waals surface area contributed by atoms with Crippen molar-refractivity contribution in [3.8, 4) is 11.1 Å². The predicted molar refractivity (Wildman–Crippen MR) is 88.8 cm³/mol. The summed E-state index contributed by atoms with van der Waals surface area (Å²) >= 11 is 0. The molecule has 4 heteroatoms. The molecule has 0 fully saturated rings. The lowest BCUT2D eigenvalue weighted by Gasteiger charge is -2.15. The number of aromatic nitrogens is 2. The van der Waals surface area contributed by atoms with Crippen molar-refractivity contribution in [2.24, 2.45) is 0 Å². The highest BCUT2D eigenvalue weighted by molar-refractivity contribution is 6.51. The lowest BCUT2D eigenvalue weighted by Crippen LogP contribution is -2.44. The van der Waals surface area contributed by atoms with Crippen LogP contribution in [0, 0.1) is 6.92 Å². The van der Waals surface area contributed by atoms with E-state index in [0.717, 1.165) is 16.7 Å². The van der Waals surface area contributed by atoms with Crippen molar-refractivity contribution < 1.29 is 14.2 Å². The summed E-state index contributed by atoms with van der Waals surface area (Å²) < 4.78 is 1.84. The van der Waals surface area contributed by atoms with Crippen LogP contribution in [0.3, 0.4) is 0 Å². The van der Waals surface area contributed by atoms with E-state index in [4.69, 9.17) is 0 Å². The summed E-state index contributed by atoms with van der Waals surface area (Å²) in [4.78, 5) is 29.1. The maximum absolute atomic E-state index is 12.6. The van der Waals surface area contributed by atoms with E-state index in [-0.39, 0.29) is 5.69 Å². The highest BCUT2D eigenvalue weighted by Crippen LogP contribution is 2.30. The van der Waals surface area contributed by atoms with Crippen LogP contribution in [0.15, 0.2) is 60.9 Å². The number of hydrogen-bond acceptors (Lipinski definition) is 3. The number of carbonyl (C=O) groups excluding carboxylic acids is 2. The lowest BCUT2D eigenvalue weighted by molar-refractivity contribution is -0.689. The third-order valence-electron chi connectivity index (χ3n) is 4.28. The van der Waals surface area contributed by atoms with Gasteiger partial charge in [-0.3, -0.25) is 14.6 Å². The van der Waals surface area contributed by atoms with Gasteiger partial charge in [0.15, 0.2) is 12.7 Å². The van der Waals surface area contributed by atoms with Gasteiger partial charge in [-0.25, -0.2) is 0 Å². The quantitative estimate of drug-likeness (QED) is 0.540. The molecule has 0 N–H and O–H groups in total. The van der Waals surface area contributed by atoms with Gasteiger partial charge in [0.05, 0.1) is 5.56 Å². The van der Waals surface area contributed by atoms with Crippen molar-refractivity contribution in [3.63, 3.8) is 0 Å². The van der Waals surface area contributed by atoms with E-state index in [0.29, 0.717) is 12.2 Å². The molecule has 2 heterocycles. The Morgan fingerprint density at radius 2 is 1.67 bits per heavy atom. The fraction of sp³-hybridized carbons (Fsp3) is 0.100. The molecule has 1 aliphatic rings. The summed E-state index contributed by atoms with van der Waals surface area (Å²) in [6.07, 6.45) is 3.38. The molecular formula is C20H15N2O2+. The van der Waals surface area contributed by atoms with Crippen molar-refractivity contribution >= 4 is 11.6 Å². The maximum Gasteiger partial charge on any atom is 0.299 e. The summed E-state index contributed by atoms with van der Waals surface area (Å²) in [7, 11) is 0. The van der Waals surface area contributed by atoms with Crippen LogP contribution in [0.1, 0.15) is 32.1 Å². The van der Waals surface area contributed by atoms with Crippen LogP contribution in [0.25, 0.3) is 11.1 Å². The number of carbonyl (C=O) groups is 2. The Morgan fingerprint density at radius 1 is 0.917 bits per heavy atom. The average molecular weight is 315 g/mol. The Bertz CT molecular complexity index is 975. The number of pyridine rings is 2. The molecule has 2 aromatic heterocycles. The number of Topliss-reactive ketones (excluding diaryl/α,β-unsaturated/α-hetero) is 2. The summed E-state index contributed by atoms with van der Waals surface area (Å²) in [6, 6.07) is 15.5. The minimum absolute atomic E-state index is 0.239. The topological polar surface area (TPSA) is 50.9 Å². The normalized spacial score (nSPS) is 12.7. The van der Waals surface area contributed by atoms with Crippen molar-refractivity contribution in [2.45, 2.75) is 13.5 Å². The maximum atomic E-state index is 12.6. The number of ketones is 2. The number of benzene rings is 1. The van der Waals surface area contributed by atoms with Crippen LogP contribution in [-0.2, 0) is 6.54 Å². The first-order valence-corrected chi connectivity index (χ1v) is 7.77. The zero-order valence-electron chi connectivity index (χ0n) is 13.2. The van der Waals surface area contributed by atoms with E-state index < -0.39 is 11.6 Å².